The predicted octanol–water partition coefficient (Wildman–Crippen LogP) is 5.86. The van der Waals surface area contributed by atoms with Crippen LogP contribution in [0.4, 0.5) is 0 Å². The van der Waals surface area contributed by atoms with E-state index >= 15 is 0 Å². The highest BCUT2D eigenvalue weighted by Gasteiger charge is 2.15. The van der Waals surface area contributed by atoms with E-state index in [1.54, 1.807) is 19.1 Å². The molecule has 130 valence electrons. The Morgan fingerprint density at radius 3 is 1.96 bits per heavy atom. The molecule has 0 saturated heterocycles. The molecule has 1 rings (SSSR count). The number of phenols is 1. The van der Waals surface area contributed by atoms with Gasteiger partial charge in [0.25, 0.3) is 0 Å². The lowest BCUT2D eigenvalue weighted by atomic mass is 9.96. The molecule has 0 aromatic heterocycles. The number of hydrogen-bond donors (Lipinski definition) is 2. The molecule has 0 atom stereocenters. The van der Waals surface area contributed by atoms with Gasteiger partial charge < -0.3 is 10.2 Å². The van der Waals surface area contributed by atoms with Gasteiger partial charge in [0.2, 0.25) is 0 Å². The summed E-state index contributed by atoms with van der Waals surface area (Å²) < 4.78 is 0. The zero-order valence-electron chi connectivity index (χ0n) is 14.7. The number of phenolic OH excluding ortho intramolecular Hbond substituents is 1. The second-order valence-electron chi connectivity index (χ2n) is 6.48. The Hall–Kier alpha value is -1.51. The first-order chi connectivity index (χ1) is 11.1. The number of carboxylic acid groups (broad SMARTS) is 1. The van der Waals surface area contributed by atoms with Crippen LogP contribution in [0.5, 0.6) is 5.75 Å². The summed E-state index contributed by atoms with van der Waals surface area (Å²) >= 11 is 0. The zero-order valence-corrected chi connectivity index (χ0v) is 14.7. The molecule has 0 amide bonds. The highest BCUT2D eigenvalue weighted by Crippen LogP contribution is 2.25. The normalized spacial score (nSPS) is 10.9. The number of carboxylic acids is 1. The summed E-state index contributed by atoms with van der Waals surface area (Å²) in [7, 11) is 0. The summed E-state index contributed by atoms with van der Waals surface area (Å²) in [6.45, 7) is 3.91. The van der Waals surface area contributed by atoms with Gasteiger partial charge in [-0.05, 0) is 31.4 Å². The van der Waals surface area contributed by atoms with Crippen LogP contribution >= 0.6 is 0 Å². The third-order valence-electron chi connectivity index (χ3n) is 4.54. The highest BCUT2D eigenvalue weighted by molar-refractivity contribution is 5.91. The van der Waals surface area contributed by atoms with E-state index in [1.165, 1.54) is 51.4 Å². The van der Waals surface area contributed by atoms with Crippen LogP contribution in [0.3, 0.4) is 0 Å². The maximum Gasteiger partial charge on any atom is 0.336 e. The average Bonchev–Trinajstić information content (AvgIpc) is 2.52. The molecule has 0 aliphatic heterocycles. The monoisotopic (exact) mass is 320 g/mol. The van der Waals surface area contributed by atoms with Crippen molar-refractivity contribution in [2.75, 3.05) is 0 Å². The minimum absolute atomic E-state index is 0.0641. The van der Waals surface area contributed by atoms with Gasteiger partial charge in [-0.1, -0.05) is 70.8 Å². The minimum Gasteiger partial charge on any atom is -0.508 e. The molecule has 23 heavy (non-hydrogen) atoms. The first-order valence-electron chi connectivity index (χ1n) is 9.12. The van der Waals surface area contributed by atoms with Crippen molar-refractivity contribution in [3.05, 3.63) is 28.8 Å². The Balaban J connectivity index is 2.24. The van der Waals surface area contributed by atoms with Gasteiger partial charge in [-0.15, -0.1) is 0 Å². The number of rotatable bonds is 12. The number of aromatic hydroxyl groups is 1. The lowest BCUT2D eigenvalue weighted by Crippen LogP contribution is -2.05. The smallest absolute Gasteiger partial charge is 0.336 e. The number of aromatic carboxylic acids is 1. The van der Waals surface area contributed by atoms with E-state index in [-0.39, 0.29) is 11.3 Å². The fourth-order valence-electron chi connectivity index (χ4n) is 3.07. The summed E-state index contributed by atoms with van der Waals surface area (Å²) in [5.74, 6) is -0.880. The molecule has 0 aliphatic carbocycles. The maximum absolute atomic E-state index is 11.4. The van der Waals surface area contributed by atoms with Gasteiger partial charge in [0.1, 0.15) is 5.75 Å². The molecule has 1 aromatic rings. The second kappa shape index (κ2) is 11.1. The third kappa shape index (κ3) is 7.06. The van der Waals surface area contributed by atoms with Crippen molar-refractivity contribution >= 4 is 5.97 Å². The first-order valence-corrected chi connectivity index (χ1v) is 9.12. The van der Waals surface area contributed by atoms with Gasteiger partial charge in [0, 0.05) is 5.56 Å². The average molecular weight is 320 g/mol. The standard InChI is InChI=1S/C20H32O3/c1-3-4-5-6-7-8-9-10-11-12-13-17-14-15-18(21)16(2)19(17)20(22)23/h14-15,21H,3-13H2,1-2H3,(H,22,23). The van der Waals surface area contributed by atoms with Crippen molar-refractivity contribution in [3.63, 3.8) is 0 Å². The summed E-state index contributed by atoms with van der Waals surface area (Å²) in [6.07, 6.45) is 13.5. The molecule has 2 N–H and O–H groups in total. The van der Waals surface area contributed by atoms with Crippen molar-refractivity contribution in [2.24, 2.45) is 0 Å². The molecule has 0 heterocycles. The second-order valence-corrected chi connectivity index (χ2v) is 6.48. The Bertz CT molecular complexity index is 480. The molecule has 3 nitrogen and oxygen atoms in total. The van der Waals surface area contributed by atoms with Crippen LogP contribution in [0.2, 0.25) is 0 Å². The van der Waals surface area contributed by atoms with Crippen LogP contribution in [0, 0.1) is 6.92 Å². The maximum atomic E-state index is 11.4. The molecule has 0 aliphatic rings. The van der Waals surface area contributed by atoms with Gasteiger partial charge in [0.15, 0.2) is 0 Å². The van der Waals surface area contributed by atoms with Crippen molar-refractivity contribution in [3.8, 4) is 5.75 Å². The number of aryl methyl sites for hydroxylation is 1. The van der Waals surface area contributed by atoms with Crippen molar-refractivity contribution in [2.45, 2.75) is 84.5 Å². The molecule has 3 heteroatoms. The van der Waals surface area contributed by atoms with Crippen LogP contribution < -0.4 is 0 Å². The molecular formula is C20H32O3. The van der Waals surface area contributed by atoms with Crippen molar-refractivity contribution in [1.82, 2.24) is 0 Å². The molecule has 0 fully saturated rings. The van der Waals surface area contributed by atoms with Crippen LogP contribution in [0.1, 0.15) is 92.6 Å². The fraction of sp³-hybridized carbons (Fsp3) is 0.650. The Morgan fingerprint density at radius 2 is 1.43 bits per heavy atom. The van der Waals surface area contributed by atoms with E-state index in [4.69, 9.17) is 0 Å². The summed E-state index contributed by atoms with van der Waals surface area (Å²) in [6, 6.07) is 3.35. The summed E-state index contributed by atoms with van der Waals surface area (Å²) in [5, 5.41) is 19.0. The van der Waals surface area contributed by atoms with Crippen LogP contribution in [-0.4, -0.2) is 16.2 Å². The molecule has 0 unspecified atom stereocenters. The van der Waals surface area contributed by atoms with Crippen LogP contribution in [0.15, 0.2) is 12.1 Å². The van der Waals surface area contributed by atoms with Gasteiger partial charge in [-0.25, -0.2) is 4.79 Å². The molecule has 0 radical (unpaired) electrons. The van der Waals surface area contributed by atoms with Crippen LogP contribution in [-0.2, 0) is 6.42 Å². The highest BCUT2D eigenvalue weighted by atomic mass is 16.4. The molecule has 0 spiro atoms. The van der Waals surface area contributed by atoms with Gasteiger partial charge in [-0.3, -0.25) is 0 Å². The predicted molar refractivity (Wildman–Crippen MR) is 95.4 cm³/mol. The van der Waals surface area contributed by atoms with Gasteiger partial charge in [0.05, 0.1) is 5.56 Å². The van der Waals surface area contributed by atoms with E-state index in [2.05, 4.69) is 6.92 Å². The van der Waals surface area contributed by atoms with E-state index in [0.717, 1.165) is 24.8 Å². The van der Waals surface area contributed by atoms with Gasteiger partial charge >= 0.3 is 5.97 Å². The largest absolute Gasteiger partial charge is 0.508 e. The van der Waals surface area contributed by atoms with Crippen molar-refractivity contribution < 1.29 is 15.0 Å². The molecule has 1 aromatic carbocycles. The lowest BCUT2D eigenvalue weighted by molar-refractivity contribution is 0.0694. The van der Waals surface area contributed by atoms with E-state index in [9.17, 15) is 15.0 Å². The van der Waals surface area contributed by atoms with Crippen molar-refractivity contribution in [1.29, 1.82) is 0 Å². The Kier molecular flexibility index (Phi) is 9.42. The van der Waals surface area contributed by atoms with Gasteiger partial charge in [-0.2, -0.15) is 0 Å². The quantitative estimate of drug-likeness (QED) is 0.474. The lowest BCUT2D eigenvalue weighted by Gasteiger charge is -2.10. The Labute approximate surface area is 140 Å². The van der Waals surface area contributed by atoms with E-state index < -0.39 is 5.97 Å². The number of carbonyl (C=O) groups is 1. The SMILES string of the molecule is CCCCCCCCCCCCc1ccc(O)c(C)c1C(=O)O. The molecule has 0 bridgehead atoms. The topological polar surface area (TPSA) is 57.5 Å². The molecular weight excluding hydrogens is 288 g/mol. The van der Waals surface area contributed by atoms with E-state index in [0.29, 0.717) is 5.56 Å². The number of unbranched alkanes of at least 4 members (excludes halogenated alkanes) is 9. The number of benzene rings is 1. The van der Waals surface area contributed by atoms with Crippen LogP contribution in [0.25, 0.3) is 0 Å². The summed E-state index contributed by atoms with van der Waals surface area (Å²) in [4.78, 5) is 11.4. The number of hydrogen-bond acceptors (Lipinski definition) is 2. The van der Waals surface area contributed by atoms with E-state index in [1.807, 2.05) is 0 Å². The molecule has 0 saturated carbocycles. The minimum atomic E-state index is -0.944. The fourth-order valence-corrected chi connectivity index (χ4v) is 3.07. The zero-order chi connectivity index (χ0) is 17.1. The summed E-state index contributed by atoms with van der Waals surface area (Å²) in [5.41, 5.74) is 1.59. The first kappa shape index (κ1) is 19.5. The Morgan fingerprint density at radius 1 is 0.913 bits per heavy atom. The third-order valence-corrected chi connectivity index (χ3v) is 4.54.